The summed E-state index contributed by atoms with van der Waals surface area (Å²) in [4.78, 5) is 0. The molecular formula is C18H24. The van der Waals surface area contributed by atoms with E-state index in [0.29, 0.717) is 5.41 Å². The summed E-state index contributed by atoms with van der Waals surface area (Å²) in [5.74, 6) is 0.974. The summed E-state index contributed by atoms with van der Waals surface area (Å²) in [5, 5.41) is 0. The summed E-state index contributed by atoms with van der Waals surface area (Å²) < 4.78 is 0. The molecule has 3 aliphatic rings. The van der Waals surface area contributed by atoms with Crippen molar-refractivity contribution in [2.75, 3.05) is 0 Å². The first-order valence-electron chi connectivity index (χ1n) is 7.83. The van der Waals surface area contributed by atoms with E-state index >= 15 is 0 Å². The van der Waals surface area contributed by atoms with Crippen molar-refractivity contribution in [2.45, 2.75) is 63.7 Å². The third-order valence-electron chi connectivity index (χ3n) is 6.56. The molecule has 1 spiro atoms. The summed E-state index contributed by atoms with van der Waals surface area (Å²) in [7, 11) is 0. The van der Waals surface area contributed by atoms with Crippen molar-refractivity contribution in [2.24, 2.45) is 11.3 Å². The molecule has 2 fully saturated rings. The van der Waals surface area contributed by atoms with Gasteiger partial charge in [-0.3, -0.25) is 0 Å². The smallest absolute Gasteiger partial charge is 0.00389 e. The molecule has 0 amide bonds. The molecule has 1 aromatic carbocycles. The molecule has 0 nitrogen and oxygen atoms in total. The second-order valence-corrected chi connectivity index (χ2v) is 7.24. The Morgan fingerprint density at radius 2 is 1.72 bits per heavy atom. The van der Waals surface area contributed by atoms with Gasteiger partial charge in [0.1, 0.15) is 0 Å². The first kappa shape index (κ1) is 11.1. The molecule has 0 bridgehead atoms. The van der Waals surface area contributed by atoms with Gasteiger partial charge in [-0.15, -0.1) is 0 Å². The Labute approximate surface area is 111 Å². The van der Waals surface area contributed by atoms with Gasteiger partial charge in [0.2, 0.25) is 0 Å². The van der Waals surface area contributed by atoms with Crippen molar-refractivity contribution in [1.82, 2.24) is 0 Å². The van der Waals surface area contributed by atoms with Crippen LogP contribution in [0.3, 0.4) is 0 Å². The summed E-state index contributed by atoms with van der Waals surface area (Å²) in [6.45, 7) is 2.58. The van der Waals surface area contributed by atoms with Crippen LogP contribution in [0, 0.1) is 11.3 Å². The van der Waals surface area contributed by atoms with Gasteiger partial charge in [0.15, 0.2) is 0 Å². The number of fused-ring (bicyclic) bond motifs is 4. The molecule has 0 heteroatoms. The van der Waals surface area contributed by atoms with Crippen LogP contribution in [0.15, 0.2) is 24.3 Å². The molecule has 3 aliphatic carbocycles. The van der Waals surface area contributed by atoms with Gasteiger partial charge < -0.3 is 0 Å². The maximum atomic E-state index is 2.58. The van der Waals surface area contributed by atoms with Crippen LogP contribution < -0.4 is 0 Å². The summed E-state index contributed by atoms with van der Waals surface area (Å²) >= 11 is 0. The molecule has 2 saturated carbocycles. The zero-order valence-electron chi connectivity index (χ0n) is 11.5. The molecule has 1 aromatic rings. The van der Waals surface area contributed by atoms with E-state index in [1.165, 1.54) is 51.4 Å². The molecule has 96 valence electrons. The van der Waals surface area contributed by atoms with E-state index < -0.39 is 0 Å². The van der Waals surface area contributed by atoms with Crippen LogP contribution in [0.1, 0.15) is 63.0 Å². The third kappa shape index (κ3) is 1.27. The minimum absolute atomic E-state index is 0.494. The van der Waals surface area contributed by atoms with Crippen LogP contribution in [0.4, 0.5) is 0 Å². The maximum absolute atomic E-state index is 2.58. The SMILES string of the molecule is C[C@@]12CCCC3(CCC3)[C@H]1CCc1ccccc12. The van der Waals surface area contributed by atoms with E-state index in [0.717, 1.165) is 11.3 Å². The van der Waals surface area contributed by atoms with Gasteiger partial charge >= 0.3 is 0 Å². The van der Waals surface area contributed by atoms with Crippen molar-refractivity contribution < 1.29 is 0 Å². The van der Waals surface area contributed by atoms with Crippen molar-refractivity contribution in [1.29, 1.82) is 0 Å². The number of benzene rings is 1. The molecule has 4 rings (SSSR count). The first-order valence-corrected chi connectivity index (χ1v) is 7.83. The predicted molar refractivity (Wildman–Crippen MR) is 75.7 cm³/mol. The van der Waals surface area contributed by atoms with Crippen LogP contribution in [-0.4, -0.2) is 0 Å². The molecule has 0 unspecified atom stereocenters. The fourth-order valence-electron chi connectivity index (χ4n) is 5.60. The molecule has 0 aromatic heterocycles. The van der Waals surface area contributed by atoms with Gasteiger partial charge in [0.25, 0.3) is 0 Å². The minimum Gasteiger partial charge on any atom is -0.0620 e. The quantitative estimate of drug-likeness (QED) is 0.607. The fourth-order valence-corrected chi connectivity index (χ4v) is 5.60. The van der Waals surface area contributed by atoms with Crippen molar-refractivity contribution in [3.8, 4) is 0 Å². The lowest BCUT2D eigenvalue weighted by Crippen LogP contribution is -2.53. The fraction of sp³-hybridized carbons (Fsp3) is 0.667. The van der Waals surface area contributed by atoms with Crippen LogP contribution in [0.5, 0.6) is 0 Å². The molecule has 2 atom stereocenters. The highest BCUT2D eigenvalue weighted by Crippen LogP contribution is 2.64. The highest BCUT2D eigenvalue weighted by Gasteiger charge is 2.55. The normalized spacial score (nSPS) is 36.6. The van der Waals surface area contributed by atoms with Gasteiger partial charge in [-0.25, -0.2) is 0 Å². The predicted octanol–water partition coefficient (Wildman–Crippen LogP) is 4.86. The number of rotatable bonds is 0. The zero-order valence-corrected chi connectivity index (χ0v) is 11.5. The molecule has 0 aliphatic heterocycles. The maximum Gasteiger partial charge on any atom is -0.00389 e. The Hall–Kier alpha value is -0.780. The summed E-state index contributed by atoms with van der Waals surface area (Å²) in [6, 6.07) is 9.29. The van der Waals surface area contributed by atoms with E-state index in [-0.39, 0.29) is 0 Å². The molecular weight excluding hydrogens is 216 g/mol. The standard InChI is InChI=1S/C18H24/c1-17-10-4-11-18(12-5-13-18)16(17)9-8-14-6-2-3-7-15(14)17/h2-3,6-7,16H,4-5,8-13H2,1H3/t16-,17-/m0/s1. The highest BCUT2D eigenvalue weighted by molar-refractivity contribution is 5.38. The molecule has 0 N–H and O–H groups in total. The van der Waals surface area contributed by atoms with Gasteiger partial charge in [0, 0.05) is 0 Å². The van der Waals surface area contributed by atoms with Crippen LogP contribution in [0.25, 0.3) is 0 Å². The van der Waals surface area contributed by atoms with Crippen LogP contribution >= 0.6 is 0 Å². The zero-order chi connectivity index (χ0) is 12.2. The van der Waals surface area contributed by atoms with E-state index in [2.05, 4.69) is 31.2 Å². The van der Waals surface area contributed by atoms with E-state index in [1.807, 2.05) is 0 Å². The third-order valence-corrected chi connectivity index (χ3v) is 6.56. The second-order valence-electron chi connectivity index (χ2n) is 7.24. The van der Waals surface area contributed by atoms with E-state index in [9.17, 15) is 0 Å². The summed E-state index contributed by atoms with van der Waals surface area (Å²) in [5.41, 5.74) is 4.59. The number of hydrogen-bond acceptors (Lipinski definition) is 0. The average Bonchev–Trinajstić information content (AvgIpc) is 2.35. The Kier molecular flexibility index (Phi) is 2.23. The second kappa shape index (κ2) is 3.62. The monoisotopic (exact) mass is 240 g/mol. The molecule has 0 saturated heterocycles. The lowest BCUT2D eigenvalue weighted by molar-refractivity contribution is -0.0499. The Morgan fingerprint density at radius 3 is 2.50 bits per heavy atom. The topological polar surface area (TPSA) is 0 Å². The molecule has 18 heavy (non-hydrogen) atoms. The Balaban J connectivity index is 1.82. The van der Waals surface area contributed by atoms with E-state index in [4.69, 9.17) is 0 Å². The van der Waals surface area contributed by atoms with Crippen LogP contribution in [-0.2, 0) is 11.8 Å². The largest absolute Gasteiger partial charge is 0.0620 e. The van der Waals surface area contributed by atoms with E-state index in [1.54, 1.807) is 11.1 Å². The molecule has 0 heterocycles. The highest BCUT2D eigenvalue weighted by atomic mass is 14.6. The van der Waals surface area contributed by atoms with Gasteiger partial charge in [-0.2, -0.15) is 0 Å². The van der Waals surface area contributed by atoms with Crippen molar-refractivity contribution >= 4 is 0 Å². The van der Waals surface area contributed by atoms with Gasteiger partial charge in [-0.05, 0) is 66.4 Å². The first-order chi connectivity index (χ1) is 8.75. The number of aryl methyl sites for hydroxylation is 1. The lowest BCUT2D eigenvalue weighted by Gasteiger charge is -2.60. The Morgan fingerprint density at radius 1 is 1.00 bits per heavy atom. The summed E-state index contributed by atoms with van der Waals surface area (Å²) in [6.07, 6.45) is 11.7. The molecule has 0 radical (unpaired) electrons. The average molecular weight is 240 g/mol. The minimum atomic E-state index is 0.494. The Bertz CT molecular complexity index is 469. The van der Waals surface area contributed by atoms with Crippen molar-refractivity contribution in [3.63, 3.8) is 0 Å². The number of hydrogen-bond donors (Lipinski definition) is 0. The van der Waals surface area contributed by atoms with Crippen molar-refractivity contribution in [3.05, 3.63) is 35.4 Å². The lowest BCUT2D eigenvalue weighted by atomic mass is 9.44. The van der Waals surface area contributed by atoms with Gasteiger partial charge in [-0.1, -0.05) is 44.0 Å². The van der Waals surface area contributed by atoms with Crippen LogP contribution in [0.2, 0.25) is 0 Å². The van der Waals surface area contributed by atoms with Gasteiger partial charge in [0.05, 0.1) is 0 Å².